The van der Waals surface area contributed by atoms with Crippen LogP contribution < -0.4 is 11.1 Å². The Labute approximate surface area is 184 Å². The highest BCUT2D eigenvalue weighted by Gasteiger charge is 2.72. The van der Waals surface area contributed by atoms with Crippen LogP contribution in [-0.4, -0.2) is 49.3 Å². The molecule has 1 spiro atoms. The van der Waals surface area contributed by atoms with Gasteiger partial charge in [0, 0.05) is 19.3 Å². The molecule has 1 saturated carbocycles. The highest BCUT2D eigenvalue weighted by atomic mass is 16.6. The van der Waals surface area contributed by atoms with Crippen molar-refractivity contribution in [2.75, 3.05) is 19.5 Å². The fourth-order valence-corrected chi connectivity index (χ4v) is 5.06. The number of anilines is 1. The molecule has 2 aliphatic heterocycles. The second kappa shape index (κ2) is 8.45. The molecule has 1 aliphatic carbocycles. The minimum absolute atomic E-state index is 0.0178. The minimum atomic E-state index is -0.446. The fraction of sp³-hybridized carbons (Fsp3) is 0.625. The Kier molecular flexibility index (Phi) is 6.03. The molecule has 4 rings (SSSR count). The van der Waals surface area contributed by atoms with Crippen LogP contribution in [0.4, 0.5) is 10.5 Å². The van der Waals surface area contributed by atoms with E-state index in [1.54, 1.807) is 7.11 Å². The van der Waals surface area contributed by atoms with E-state index >= 15 is 0 Å². The number of hydrogen-bond acceptors (Lipinski definition) is 6. The topological polar surface area (TPSA) is 98.6 Å². The molecule has 3 N–H and O–H groups in total. The summed E-state index contributed by atoms with van der Waals surface area (Å²) in [5, 5.41) is 2.83. The van der Waals surface area contributed by atoms with Crippen LogP contribution in [0.25, 0.3) is 0 Å². The van der Waals surface area contributed by atoms with Crippen molar-refractivity contribution in [1.29, 1.82) is 0 Å². The Morgan fingerprint density at radius 1 is 1.32 bits per heavy atom. The Morgan fingerprint density at radius 3 is 2.65 bits per heavy atom. The van der Waals surface area contributed by atoms with E-state index < -0.39 is 6.09 Å². The number of hydrogen-bond donors (Lipinski definition) is 2. The summed E-state index contributed by atoms with van der Waals surface area (Å²) in [6.45, 7) is 7.42. The Balaban J connectivity index is 1.40. The maximum absolute atomic E-state index is 12.5. The number of nitrogen functional groups attached to an aromatic ring is 1. The number of methoxy groups -OCH3 is 1. The van der Waals surface area contributed by atoms with E-state index in [-0.39, 0.29) is 35.4 Å². The van der Waals surface area contributed by atoms with E-state index in [4.69, 9.17) is 24.7 Å². The number of rotatable bonds is 7. The number of nitrogens with one attached hydrogen (secondary N) is 1. The summed E-state index contributed by atoms with van der Waals surface area (Å²) in [4.78, 5) is 12.5. The van der Waals surface area contributed by atoms with Gasteiger partial charge in [0.15, 0.2) is 0 Å². The van der Waals surface area contributed by atoms with Crippen molar-refractivity contribution in [3.8, 4) is 0 Å². The van der Waals surface area contributed by atoms with Gasteiger partial charge in [0.05, 0.1) is 18.6 Å². The van der Waals surface area contributed by atoms with Gasteiger partial charge in [-0.05, 0) is 57.7 Å². The average molecular weight is 431 g/mol. The summed E-state index contributed by atoms with van der Waals surface area (Å²) in [6, 6.07) is 7.39. The first-order valence-corrected chi connectivity index (χ1v) is 11.0. The van der Waals surface area contributed by atoms with E-state index in [9.17, 15) is 4.79 Å². The molecule has 170 valence electrons. The third-order valence-electron chi connectivity index (χ3n) is 6.91. The predicted molar refractivity (Wildman–Crippen MR) is 117 cm³/mol. The summed E-state index contributed by atoms with van der Waals surface area (Å²) >= 11 is 0. The Hall–Kier alpha value is -2.09. The van der Waals surface area contributed by atoms with Crippen molar-refractivity contribution in [2.45, 2.75) is 76.1 Å². The van der Waals surface area contributed by atoms with Gasteiger partial charge in [-0.15, -0.1) is 0 Å². The van der Waals surface area contributed by atoms with Gasteiger partial charge in [-0.25, -0.2) is 4.79 Å². The van der Waals surface area contributed by atoms with Gasteiger partial charge in [-0.2, -0.15) is 0 Å². The molecule has 1 aromatic rings. The largest absolute Gasteiger partial charge is 0.443 e. The van der Waals surface area contributed by atoms with Crippen LogP contribution in [0.3, 0.4) is 0 Å². The van der Waals surface area contributed by atoms with Gasteiger partial charge in [0.2, 0.25) is 0 Å². The first kappa shape index (κ1) is 22.1. The fourth-order valence-electron chi connectivity index (χ4n) is 5.06. The number of ether oxygens (including phenoxy) is 4. The standard InChI is InChI=1S/C24H34N2O5/c1-15(2)5-10-19-23(3,31-19)21-20(28-4)18(11-12-24(21)14-29-24)30-22(27)26-13-16-6-8-17(25)9-7-16/h5-9,18-21H,10-14,25H2,1-4H3,(H,26,27)/t18-,19?,20-,21-,23?,24+/m1/s1. The van der Waals surface area contributed by atoms with Gasteiger partial charge in [-0.1, -0.05) is 23.8 Å². The van der Waals surface area contributed by atoms with Crippen LogP contribution in [0.1, 0.15) is 45.6 Å². The molecule has 2 heterocycles. The molecule has 1 amide bonds. The molecule has 31 heavy (non-hydrogen) atoms. The van der Waals surface area contributed by atoms with E-state index in [0.717, 1.165) is 18.4 Å². The lowest BCUT2D eigenvalue weighted by atomic mass is 9.68. The van der Waals surface area contributed by atoms with Crippen LogP contribution in [-0.2, 0) is 25.5 Å². The summed E-state index contributed by atoms with van der Waals surface area (Å²) < 4.78 is 23.9. The lowest BCUT2D eigenvalue weighted by Gasteiger charge is -2.42. The van der Waals surface area contributed by atoms with Gasteiger partial charge >= 0.3 is 6.09 Å². The SMILES string of the molecule is CO[C@H]1[C@H](C2(C)OC2CC=C(C)C)[C@]2(CC[C@H]1OC(=O)NCc1ccc(N)cc1)CO2. The molecule has 3 aliphatic rings. The quantitative estimate of drug-likeness (QED) is 0.390. The summed E-state index contributed by atoms with van der Waals surface area (Å²) in [5.41, 5.74) is 8.07. The van der Waals surface area contributed by atoms with E-state index in [1.165, 1.54) is 5.57 Å². The number of alkyl carbamates (subject to hydrolysis) is 1. The van der Waals surface area contributed by atoms with E-state index in [0.29, 0.717) is 25.3 Å². The molecule has 3 fully saturated rings. The molecule has 1 aromatic carbocycles. The monoisotopic (exact) mass is 430 g/mol. The summed E-state index contributed by atoms with van der Waals surface area (Å²) in [6.07, 6.45) is 3.68. The zero-order chi connectivity index (χ0) is 22.2. The van der Waals surface area contributed by atoms with Gasteiger partial charge in [0.1, 0.15) is 23.4 Å². The van der Waals surface area contributed by atoms with Crippen LogP contribution in [0.5, 0.6) is 0 Å². The lowest BCUT2D eigenvalue weighted by Crippen LogP contribution is -2.56. The number of benzene rings is 1. The molecule has 7 heteroatoms. The maximum Gasteiger partial charge on any atom is 0.407 e. The Bertz CT molecular complexity index is 831. The summed E-state index contributed by atoms with van der Waals surface area (Å²) in [7, 11) is 1.68. The zero-order valence-corrected chi connectivity index (χ0v) is 18.9. The maximum atomic E-state index is 12.5. The summed E-state index contributed by atoms with van der Waals surface area (Å²) in [5.74, 6) is 0.0178. The van der Waals surface area contributed by atoms with Crippen molar-refractivity contribution in [3.63, 3.8) is 0 Å². The van der Waals surface area contributed by atoms with Gasteiger partial charge < -0.3 is 30.0 Å². The first-order chi connectivity index (χ1) is 14.8. The van der Waals surface area contributed by atoms with Gasteiger partial charge in [-0.3, -0.25) is 0 Å². The number of allylic oxidation sites excluding steroid dienone is 1. The lowest BCUT2D eigenvalue weighted by molar-refractivity contribution is -0.118. The molecule has 7 nitrogen and oxygen atoms in total. The molecular weight excluding hydrogens is 396 g/mol. The molecule has 2 unspecified atom stereocenters. The van der Waals surface area contributed by atoms with Crippen LogP contribution in [0.2, 0.25) is 0 Å². The number of carbonyl (C=O) groups is 1. The van der Waals surface area contributed by atoms with Crippen molar-refractivity contribution in [3.05, 3.63) is 41.5 Å². The van der Waals surface area contributed by atoms with Crippen molar-refractivity contribution < 1.29 is 23.7 Å². The van der Waals surface area contributed by atoms with E-state index in [1.807, 2.05) is 24.3 Å². The number of nitrogens with two attached hydrogens (primary N) is 1. The van der Waals surface area contributed by atoms with Gasteiger partial charge in [0.25, 0.3) is 0 Å². The highest BCUT2D eigenvalue weighted by Crippen LogP contribution is 2.59. The normalized spacial score (nSPS) is 36.0. The third-order valence-corrected chi connectivity index (χ3v) is 6.91. The van der Waals surface area contributed by atoms with E-state index in [2.05, 4.69) is 32.2 Å². The molecule has 0 aromatic heterocycles. The molecule has 6 atom stereocenters. The smallest absolute Gasteiger partial charge is 0.407 e. The predicted octanol–water partition coefficient (Wildman–Crippen LogP) is 3.57. The second-order valence-electron chi connectivity index (χ2n) is 9.42. The van der Waals surface area contributed by atoms with Crippen LogP contribution >= 0.6 is 0 Å². The highest BCUT2D eigenvalue weighted by molar-refractivity contribution is 5.67. The molecule has 2 saturated heterocycles. The average Bonchev–Trinajstić information content (AvgIpc) is 3.65. The second-order valence-corrected chi connectivity index (χ2v) is 9.42. The first-order valence-electron chi connectivity index (χ1n) is 11.0. The number of carbonyl (C=O) groups excluding carboxylic acids is 1. The Morgan fingerprint density at radius 2 is 2.03 bits per heavy atom. The van der Waals surface area contributed by atoms with Crippen molar-refractivity contribution in [1.82, 2.24) is 5.32 Å². The van der Waals surface area contributed by atoms with Crippen LogP contribution in [0.15, 0.2) is 35.9 Å². The van der Waals surface area contributed by atoms with Crippen molar-refractivity contribution in [2.24, 2.45) is 5.92 Å². The minimum Gasteiger partial charge on any atom is -0.443 e. The third kappa shape index (κ3) is 4.59. The van der Waals surface area contributed by atoms with Crippen LogP contribution in [0, 0.1) is 5.92 Å². The zero-order valence-electron chi connectivity index (χ0n) is 18.9. The number of amides is 1. The van der Waals surface area contributed by atoms with Crippen molar-refractivity contribution >= 4 is 11.8 Å². The molecular formula is C24H34N2O5. The molecule has 0 bridgehead atoms. The number of epoxide rings is 2. The molecule has 0 radical (unpaired) electrons.